The lowest BCUT2D eigenvalue weighted by Gasteiger charge is -1.96. The fraction of sp³-hybridized carbons (Fsp3) is 0. The number of nitrogens with zero attached hydrogens (tertiary/aromatic N) is 2. The number of anilines is 1. The summed E-state index contributed by atoms with van der Waals surface area (Å²) in [6.45, 7) is 0. The molecule has 0 spiro atoms. The van der Waals surface area contributed by atoms with Crippen LogP contribution >= 0.6 is 0 Å². The van der Waals surface area contributed by atoms with Crippen molar-refractivity contribution in [1.29, 1.82) is 5.26 Å². The lowest BCUT2D eigenvalue weighted by Crippen LogP contribution is -1.84. The maximum Gasteiger partial charge on any atom is 0.169 e. The van der Waals surface area contributed by atoms with Gasteiger partial charge in [-0.05, 0) is 18.2 Å². The highest BCUT2D eigenvalue weighted by atomic mass is 19.1. The molecule has 0 amide bonds. The van der Waals surface area contributed by atoms with Crippen LogP contribution in [0.15, 0.2) is 28.8 Å². The standard InChI is InChI=1S/C10H6FN3O/c11-8-2-1-6(3-7(8)5-12)9-4-10(13)14-15-9/h1-4H,(H2,13,14). The van der Waals surface area contributed by atoms with Crippen molar-refractivity contribution < 1.29 is 8.91 Å². The van der Waals surface area contributed by atoms with Crippen LogP contribution in [0, 0.1) is 17.1 Å². The average Bonchev–Trinajstić information content (AvgIpc) is 2.66. The Hall–Kier alpha value is -2.35. The Morgan fingerprint density at radius 3 is 2.80 bits per heavy atom. The highest BCUT2D eigenvalue weighted by Crippen LogP contribution is 2.23. The number of hydrogen-bond acceptors (Lipinski definition) is 4. The lowest BCUT2D eigenvalue weighted by molar-refractivity contribution is 0.435. The summed E-state index contributed by atoms with van der Waals surface area (Å²) in [5.41, 5.74) is 5.90. The molecule has 0 aliphatic heterocycles. The zero-order chi connectivity index (χ0) is 10.8. The number of nitrogen functional groups attached to an aromatic ring is 1. The fourth-order valence-corrected chi connectivity index (χ4v) is 1.19. The SMILES string of the molecule is N#Cc1cc(-c2cc(N)no2)ccc1F. The molecule has 0 radical (unpaired) electrons. The molecule has 1 aromatic heterocycles. The molecule has 0 aliphatic carbocycles. The Kier molecular flexibility index (Phi) is 2.10. The van der Waals surface area contributed by atoms with Crippen molar-refractivity contribution in [3.63, 3.8) is 0 Å². The summed E-state index contributed by atoms with van der Waals surface area (Å²) >= 11 is 0. The Morgan fingerprint density at radius 1 is 1.40 bits per heavy atom. The predicted molar refractivity (Wildman–Crippen MR) is 51.0 cm³/mol. The van der Waals surface area contributed by atoms with Crippen LogP contribution in [-0.4, -0.2) is 5.16 Å². The zero-order valence-electron chi connectivity index (χ0n) is 7.57. The number of benzene rings is 1. The summed E-state index contributed by atoms with van der Waals surface area (Å²) in [7, 11) is 0. The number of nitriles is 1. The van der Waals surface area contributed by atoms with Gasteiger partial charge in [0.05, 0.1) is 5.56 Å². The fourth-order valence-electron chi connectivity index (χ4n) is 1.19. The first kappa shape index (κ1) is 9.21. The molecule has 2 rings (SSSR count). The van der Waals surface area contributed by atoms with Crippen LogP contribution in [-0.2, 0) is 0 Å². The van der Waals surface area contributed by atoms with Crippen LogP contribution in [0.2, 0.25) is 0 Å². The summed E-state index contributed by atoms with van der Waals surface area (Å²) in [6, 6.07) is 7.33. The Morgan fingerprint density at radius 2 is 2.20 bits per heavy atom. The summed E-state index contributed by atoms with van der Waals surface area (Å²) in [5, 5.41) is 12.1. The first-order valence-corrected chi connectivity index (χ1v) is 4.13. The van der Waals surface area contributed by atoms with E-state index in [4.69, 9.17) is 15.5 Å². The minimum Gasteiger partial charge on any atom is -0.381 e. The second-order valence-corrected chi connectivity index (χ2v) is 2.92. The molecule has 15 heavy (non-hydrogen) atoms. The molecular formula is C10H6FN3O. The monoisotopic (exact) mass is 203 g/mol. The van der Waals surface area contributed by atoms with Gasteiger partial charge < -0.3 is 10.3 Å². The smallest absolute Gasteiger partial charge is 0.169 e. The van der Waals surface area contributed by atoms with Gasteiger partial charge in [0.15, 0.2) is 11.6 Å². The van der Waals surface area contributed by atoms with Crippen molar-refractivity contribution in [3.8, 4) is 17.4 Å². The molecule has 5 heteroatoms. The third-order valence-electron chi connectivity index (χ3n) is 1.90. The third-order valence-corrected chi connectivity index (χ3v) is 1.90. The van der Waals surface area contributed by atoms with Crippen molar-refractivity contribution in [3.05, 3.63) is 35.6 Å². The molecule has 0 bridgehead atoms. The summed E-state index contributed by atoms with van der Waals surface area (Å²) in [6.07, 6.45) is 0. The predicted octanol–water partition coefficient (Wildman–Crippen LogP) is 1.93. The molecule has 0 fully saturated rings. The van der Waals surface area contributed by atoms with E-state index >= 15 is 0 Å². The largest absolute Gasteiger partial charge is 0.381 e. The minimum absolute atomic E-state index is 0.0394. The minimum atomic E-state index is -0.561. The van der Waals surface area contributed by atoms with E-state index < -0.39 is 5.82 Å². The van der Waals surface area contributed by atoms with E-state index in [9.17, 15) is 4.39 Å². The van der Waals surface area contributed by atoms with Crippen molar-refractivity contribution in [2.45, 2.75) is 0 Å². The quantitative estimate of drug-likeness (QED) is 0.768. The van der Waals surface area contributed by atoms with E-state index in [2.05, 4.69) is 5.16 Å². The van der Waals surface area contributed by atoms with Gasteiger partial charge in [-0.1, -0.05) is 5.16 Å². The van der Waals surface area contributed by atoms with Gasteiger partial charge in [0.1, 0.15) is 11.9 Å². The topological polar surface area (TPSA) is 75.8 Å². The second-order valence-electron chi connectivity index (χ2n) is 2.92. The number of rotatable bonds is 1. The van der Waals surface area contributed by atoms with Crippen molar-refractivity contribution in [2.24, 2.45) is 0 Å². The van der Waals surface area contributed by atoms with E-state index in [1.165, 1.54) is 24.3 Å². The van der Waals surface area contributed by atoms with E-state index in [-0.39, 0.29) is 11.4 Å². The molecule has 74 valence electrons. The summed E-state index contributed by atoms with van der Waals surface area (Å²) in [4.78, 5) is 0. The number of aromatic nitrogens is 1. The summed E-state index contributed by atoms with van der Waals surface area (Å²) < 4.78 is 17.9. The summed E-state index contributed by atoms with van der Waals surface area (Å²) in [5.74, 6) is 0.0885. The molecule has 1 aromatic carbocycles. The van der Waals surface area contributed by atoms with Crippen LogP contribution in [0.25, 0.3) is 11.3 Å². The Labute approximate surface area is 84.7 Å². The first-order chi connectivity index (χ1) is 7.20. The lowest BCUT2D eigenvalue weighted by atomic mass is 10.1. The normalized spacial score (nSPS) is 9.87. The van der Waals surface area contributed by atoms with Gasteiger partial charge in [-0.25, -0.2) is 4.39 Å². The maximum absolute atomic E-state index is 13.0. The number of hydrogen-bond donors (Lipinski definition) is 1. The van der Waals surface area contributed by atoms with E-state index in [0.29, 0.717) is 11.3 Å². The number of nitrogens with two attached hydrogens (primary N) is 1. The van der Waals surface area contributed by atoms with Gasteiger partial charge in [-0.15, -0.1) is 0 Å². The third kappa shape index (κ3) is 1.65. The van der Waals surface area contributed by atoms with Crippen LogP contribution in [0.4, 0.5) is 10.2 Å². The van der Waals surface area contributed by atoms with Gasteiger partial charge in [-0.3, -0.25) is 0 Å². The second kappa shape index (κ2) is 3.42. The van der Waals surface area contributed by atoms with Crippen LogP contribution in [0.5, 0.6) is 0 Å². The van der Waals surface area contributed by atoms with E-state index in [0.717, 1.165) is 0 Å². The van der Waals surface area contributed by atoms with Crippen LogP contribution in [0.3, 0.4) is 0 Å². The van der Waals surface area contributed by atoms with Crippen LogP contribution < -0.4 is 5.73 Å². The van der Waals surface area contributed by atoms with E-state index in [1.54, 1.807) is 6.07 Å². The molecule has 2 N–H and O–H groups in total. The Bertz CT molecular complexity index is 542. The van der Waals surface area contributed by atoms with Gasteiger partial charge in [-0.2, -0.15) is 5.26 Å². The first-order valence-electron chi connectivity index (χ1n) is 4.13. The molecule has 0 unspecified atom stereocenters. The molecule has 0 aliphatic rings. The molecule has 0 atom stereocenters. The molecule has 1 heterocycles. The molecule has 0 saturated carbocycles. The molecular weight excluding hydrogens is 197 g/mol. The van der Waals surface area contributed by atoms with Gasteiger partial charge >= 0.3 is 0 Å². The van der Waals surface area contributed by atoms with Crippen molar-refractivity contribution >= 4 is 5.82 Å². The average molecular weight is 203 g/mol. The van der Waals surface area contributed by atoms with Gasteiger partial charge in [0.2, 0.25) is 0 Å². The highest BCUT2D eigenvalue weighted by molar-refractivity contribution is 5.62. The molecule has 2 aromatic rings. The van der Waals surface area contributed by atoms with Crippen molar-refractivity contribution in [1.82, 2.24) is 5.16 Å². The van der Waals surface area contributed by atoms with Crippen LogP contribution in [0.1, 0.15) is 5.56 Å². The zero-order valence-corrected chi connectivity index (χ0v) is 7.57. The maximum atomic E-state index is 13.0. The molecule has 0 saturated heterocycles. The Balaban J connectivity index is 2.51. The number of halogens is 1. The van der Waals surface area contributed by atoms with Gasteiger partial charge in [0, 0.05) is 11.6 Å². The van der Waals surface area contributed by atoms with Gasteiger partial charge in [0.25, 0.3) is 0 Å². The van der Waals surface area contributed by atoms with E-state index in [1.807, 2.05) is 0 Å². The molecule has 4 nitrogen and oxygen atoms in total. The highest BCUT2D eigenvalue weighted by Gasteiger charge is 2.08. The van der Waals surface area contributed by atoms with Crippen molar-refractivity contribution in [2.75, 3.05) is 5.73 Å².